The summed E-state index contributed by atoms with van der Waals surface area (Å²) in [6.07, 6.45) is 0. The Morgan fingerprint density at radius 2 is 1.53 bits per heavy atom. The van der Waals surface area contributed by atoms with Gasteiger partial charge in [-0.3, -0.25) is 14.5 Å². The highest BCUT2D eigenvalue weighted by atomic mass is 16.5. The van der Waals surface area contributed by atoms with Gasteiger partial charge in [0.1, 0.15) is 0 Å². The van der Waals surface area contributed by atoms with Crippen molar-refractivity contribution in [2.75, 3.05) is 44.0 Å². The van der Waals surface area contributed by atoms with Gasteiger partial charge in [0.05, 0.1) is 19.7 Å². The van der Waals surface area contributed by atoms with Gasteiger partial charge in [-0.05, 0) is 48.6 Å². The SMILES string of the molecule is COCCN(CC(=O)Nc1ccccc1C(C)C)CC(=O)Nc1cccc(C)c1C. The Hall–Kier alpha value is -2.70. The van der Waals surface area contributed by atoms with Gasteiger partial charge >= 0.3 is 0 Å². The highest BCUT2D eigenvalue weighted by molar-refractivity contribution is 5.95. The first kappa shape index (κ1) is 23.6. The van der Waals surface area contributed by atoms with Crippen molar-refractivity contribution in [2.45, 2.75) is 33.6 Å². The number of hydrogen-bond acceptors (Lipinski definition) is 4. The van der Waals surface area contributed by atoms with Crippen molar-refractivity contribution in [3.8, 4) is 0 Å². The molecule has 2 amide bonds. The molecule has 6 nitrogen and oxygen atoms in total. The second-order valence-electron chi connectivity index (χ2n) is 7.79. The van der Waals surface area contributed by atoms with Crippen LogP contribution in [0.3, 0.4) is 0 Å². The number of aryl methyl sites for hydroxylation is 1. The lowest BCUT2D eigenvalue weighted by atomic mass is 10.0. The van der Waals surface area contributed by atoms with Gasteiger partial charge in [0.2, 0.25) is 11.8 Å². The molecule has 162 valence electrons. The summed E-state index contributed by atoms with van der Waals surface area (Å²) in [5, 5.41) is 5.94. The maximum atomic E-state index is 12.7. The van der Waals surface area contributed by atoms with E-state index in [1.54, 1.807) is 12.0 Å². The Kier molecular flexibility index (Phi) is 9.02. The molecule has 6 heteroatoms. The molecule has 0 radical (unpaired) electrons. The molecule has 30 heavy (non-hydrogen) atoms. The van der Waals surface area contributed by atoms with E-state index >= 15 is 0 Å². The number of hydrogen-bond donors (Lipinski definition) is 2. The molecule has 2 aromatic rings. The molecule has 0 unspecified atom stereocenters. The van der Waals surface area contributed by atoms with Crippen LogP contribution in [-0.4, -0.2) is 50.1 Å². The smallest absolute Gasteiger partial charge is 0.238 e. The van der Waals surface area contributed by atoms with Gasteiger partial charge in [0.25, 0.3) is 0 Å². The Balaban J connectivity index is 2.02. The van der Waals surface area contributed by atoms with E-state index in [4.69, 9.17) is 4.74 Å². The van der Waals surface area contributed by atoms with E-state index in [0.717, 1.165) is 28.1 Å². The zero-order chi connectivity index (χ0) is 22.1. The molecule has 0 heterocycles. The first-order valence-corrected chi connectivity index (χ1v) is 10.3. The predicted octanol–water partition coefficient (Wildman–Crippen LogP) is 3.95. The monoisotopic (exact) mass is 411 g/mol. The first-order chi connectivity index (χ1) is 14.3. The van der Waals surface area contributed by atoms with Crippen molar-refractivity contribution < 1.29 is 14.3 Å². The number of benzene rings is 2. The number of anilines is 2. The minimum Gasteiger partial charge on any atom is -0.383 e. The number of carbonyl (C=O) groups excluding carboxylic acids is 2. The van der Waals surface area contributed by atoms with Crippen LogP contribution in [0.4, 0.5) is 11.4 Å². The van der Waals surface area contributed by atoms with Crippen molar-refractivity contribution >= 4 is 23.2 Å². The molecule has 0 aromatic heterocycles. The van der Waals surface area contributed by atoms with Crippen molar-refractivity contribution in [2.24, 2.45) is 0 Å². The third-order valence-electron chi connectivity index (χ3n) is 5.08. The predicted molar refractivity (Wildman–Crippen MR) is 122 cm³/mol. The summed E-state index contributed by atoms with van der Waals surface area (Å²) in [7, 11) is 1.60. The summed E-state index contributed by atoms with van der Waals surface area (Å²) in [5.41, 5.74) is 4.84. The zero-order valence-corrected chi connectivity index (χ0v) is 18.6. The maximum Gasteiger partial charge on any atom is 0.238 e. The van der Waals surface area contributed by atoms with Crippen LogP contribution in [0, 0.1) is 13.8 Å². The van der Waals surface area contributed by atoms with Crippen molar-refractivity contribution in [1.82, 2.24) is 4.90 Å². The molecule has 0 aliphatic carbocycles. The molecule has 0 saturated heterocycles. The van der Waals surface area contributed by atoms with Crippen LogP contribution in [0.1, 0.15) is 36.5 Å². The fourth-order valence-corrected chi connectivity index (χ4v) is 3.22. The van der Waals surface area contributed by atoms with E-state index in [0.29, 0.717) is 19.1 Å². The van der Waals surface area contributed by atoms with E-state index in [-0.39, 0.29) is 24.9 Å². The number of nitrogens with zero attached hydrogens (tertiary/aromatic N) is 1. The van der Waals surface area contributed by atoms with Gasteiger partial charge in [-0.25, -0.2) is 0 Å². The molecular formula is C24H33N3O3. The molecule has 0 fully saturated rings. The van der Waals surface area contributed by atoms with Crippen LogP contribution in [-0.2, 0) is 14.3 Å². The van der Waals surface area contributed by atoms with E-state index in [1.165, 1.54) is 0 Å². The second kappa shape index (κ2) is 11.5. The Morgan fingerprint density at radius 1 is 0.933 bits per heavy atom. The molecule has 0 atom stereocenters. The minimum absolute atomic E-state index is 0.107. The van der Waals surface area contributed by atoms with E-state index in [1.807, 2.05) is 56.3 Å². The molecule has 0 aliphatic rings. The number of rotatable bonds is 10. The Labute approximate surface area is 179 Å². The average Bonchev–Trinajstić information content (AvgIpc) is 2.69. The second-order valence-corrected chi connectivity index (χ2v) is 7.79. The lowest BCUT2D eigenvalue weighted by Crippen LogP contribution is -2.40. The van der Waals surface area contributed by atoms with Crippen LogP contribution in [0.15, 0.2) is 42.5 Å². The molecule has 2 N–H and O–H groups in total. The van der Waals surface area contributed by atoms with E-state index in [9.17, 15) is 9.59 Å². The quantitative estimate of drug-likeness (QED) is 0.621. The molecule has 0 spiro atoms. The molecule has 0 bridgehead atoms. The molecule has 2 rings (SSSR count). The summed E-state index contributed by atoms with van der Waals surface area (Å²) >= 11 is 0. The van der Waals surface area contributed by atoms with Gasteiger partial charge < -0.3 is 15.4 Å². The lowest BCUT2D eigenvalue weighted by Gasteiger charge is -2.22. The summed E-state index contributed by atoms with van der Waals surface area (Å²) in [4.78, 5) is 27.1. The topological polar surface area (TPSA) is 70.7 Å². The van der Waals surface area contributed by atoms with Crippen molar-refractivity contribution in [3.05, 3.63) is 59.2 Å². The highest BCUT2D eigenvalue weighted by Gasteiger charge is 2.17. The van der Waals surface area contributed by atoms with Crippen molar-refractivity contribution in [1.29, 1.82) is 0 Å². The largest absolute Gasteiger partial charge is 0.383 e. The standard InChI is InChI=1S/C24H33N3O3/c1-17(2)20-10-6-7-11-22(20)26-24(29)16-27(13-14-30-5)15-23(28)25-21-12-8-9-18(3)19(21)4/h6-12,17H,13-16H2,1-5H3,(H,25,28)(H,26,29). The van der Waals surface area contributed by atoms with E-state index < -0.39 is 0 Å². The third-order valence-corrected chi connectivity index (χ3v) is 5.08. The minimum atomic E-state index is -0.157. The number of amides is 2. The summed E-state index contributed by atoms with van der Waals surface area (Å²) in [6, 6.07) is 13.6. The van der Waals surface area contributed by atoms with Gasteiger partial charge in [0.15, 0.2) is 0 Å². The summed E-state index contributed by atoms with van der Waals surface area (Å²) in [5.74, 6) is -0.0108. The van der Waals surface area contributed by atoms with E-state index in [2.05, 4.69) is 24.5 Å². The van der Waals surface area contributed by atoms with Crippen LogP contribution < -0.4 is 10.6 Å². The normalized spacial score (nSPS) is 11.0. The van der Waals surface area contributed by atoms with Crippen LogP contribution >= 0.6 is 0 Å². The number of carbonyl (C=O) groups is 2. The molecule has 0 saturated carbocycles. The van der Waals surface area contributed by atoms with Gasteiger partial charge in [-0.2, -0.15) is 0 Å². The van der Waals surface area contributed by atoms with Gasteiger partial charge in [0, 0.05) is 25.0 Å². The van der Waals surface area contributed by atoms with Crippen LogP contribution in [0.25, 0.3) is 0 Å². The highest BCUT2D eigenvalue weighted by Crippen LogP contribution is 2.23. The number of ether oxygens (including phenoxy) is 1. The fourth-order valence-electron chi connectivity index (χ4n) is 3.22. The van der Waals surface area contributed by atoms with Gasteiger partial charge in [-0.15, -0.1) is 0 Å². The molecular weight excluding hydrogens is 378 g/mol. The van der Waals surface area contributed by atoms with Crippen LogP contribution in [0.2, 0.25) is 0 Å². The number of methoxy groups -OCH3 is 1. The lowest BCUT2D eigenvalue weighted by molar-refractivity contribution is -0.120. The van der Waals surface area contributed by atoms with Crippen LogP contribution in [0.5, 0.6) is 0 Å². The first-order valence-electron chi connectivity index (χ1n) is 10.3. The Bertz CT molecular complexity index is 865. The Morgan fingerprint density at radius 3 is 2.17 bits per heavy atom. The molecule has 2 aromatic carbocycles. The number of para-hydroxylation sites is 1. The zero-order valence-electron chi connectivity index (χ0n) is 18.6. The average molecular weight is 412 g/mol. The summed E-state index contributed by atoms with van der Waals surface area (Å²) < 4.78 is 5.15. The number of nitrogens with one attached hydrogen (secondary N) is 2. The van der Waals surface area contributed by atoms with Crippen molar-refractivity contribution in [3.63, 3.8) is 0 Å². The molecule has 0 aliphatic heterocycles. The third kappa shape index (κ3) is 6.97. The van der Waals surface area contributed by atoms with Gasteiger partial charge in [-0.1, -0.05) is 44.2 Å². The summed E-state index contributed by atoms with van der Waals surface area (Å²) in [6.45, 7) is 9.30. The fraction of sp³-hybridized carbons (Fsp3) is 0.417. The maximum absolute atomic E-state index is 12.7.